The van der Waals surface area contributed by atoms with Gasteiger partial charge in [-0.05, 0) is 44.4 Å². The van der Waals surface area contributed by atoms with Crippen molar-refractivity contribution in [1.82, 2.24) is 15.3 Å². The van der Waals surface area contributed by atoms with Gasteiger partial charge in [0.25, 0.3) is 11.9 Å². The van der Waals surface area contributed by atoms with Crippen LogP contribution in [0, 0.1) is 11.3 Å². The highest BCUT2D eigenvalue weighted by molar-refractivity contribution is 5.98. The summed E-state index contributed by atoms with van der Waals surface area (Å²) in [5, 5.41) is 12.0. The van der Waals surface area contributed by atoms with Crippen molar-refractivity contribution in [2.24, 2.45) is 0 Å². The van der Waals surface area contributed by atoms with Gasteiger partial charge in [-0.3, -0.25) is 4.79 Å². The van der Waals surface area contributed by atoms with Crippen LogP contribution >= 0.6 is 0 Å². The molecule has 0 bridgehead atoms. The molecule has 0 atom stereocenters. The molecule has 0 unspecified atom stereocenters. The highest BCUT2D eigenvalue weighted by Crippen LogP contribution is 2.31. The Balaban J connectivity index is 1.83. The molecule has 0 spiro atoms. The second-order valence-electron chi connectivity index (χ2n) is 5.21. The number of fused-ring (bicyclic) bond motifs is 1. The molecule has 1 heterocycles. The van der Waals surface area contributed by atoms with Gasteiger partial charge in [-0.15, -0.1) is 0 Å². The van der Waals surface area contributed by atoms with E-state index in [0.29, 0.717) is 18.2 Å². The summed E-state index contributed by atoms with van der Waals surface area (Å²) in [5.41, 5.74) is 1.31. The smallest absolute Gasteiger partial charge is 0.294 e. The Morgan fingerprint density at radius 2 is 2.38 bits per heavy atom. The molecule has 1 aromatic heterocycles. The number of aromatic amines is 1. The van der Waals surface area contributed by atoms with Crippen LogP contribution in [0.5, 0.6) is 6.01 Å². The quantitative estimate of drug-likeness (QED) is 0.899. The van der Waals surface area contributed by atoms with Crippen molar-refractivity contribution in [3.63, 3.8) is 0 Å². The van der Waals surface area contributed by atoms with E-state index in [1.807, 2.05) is 6.92 Å². The van der Waals surface area contributed by atoms with Gasteiger partial charge in [0.15, 0.2) is 0 Å². The number of nitrogens with one attached hydrogen (secondary N) is 2. The maximum atomic E-state index is 12.3. The Bertz CT molecular complexity index is 725. The van der Waals surface area contributed by atoms with Crippen molar-refractivity contribution in [2.75, 3.05) is 6.61 Å². The minimum atomic E-state index is -0.684. The van der Waals surface area contributed by atoms with Gasteiger partial charge in [0, 0.05) is 5.56 Å². The van der Waals surface area contributed by atoms with Crippen LogP contribution in [0.4, 0.5) is 0 Å². The molecule has 0 aliphatic heterocycles. The first kappa shape index (κ1) is 13.4. The number of benzene rings is 1. The number of aromatic nitrogens is 2. The Morgan fingerprint density at radius 1 is 1.57 bits per heavy atom. The molecule has 1 saturated carbocycles. The van der Waals surface area contributed by atoms with Crippen LogP contribution in [-0.4, -0.2) is 28.0 Å². The lowest BCUT2D eigenvalue weighted by atomic mass is 9.78. The third kappa shape index (κ3) is 2.42. The van der Waals surface area contributed by atoms with Crippen LogP contribution in [0.1, 0.15) is 36.5 Å². The lowest BCUT2D eigenvalue weighted by Gasteiger charge is -2.35. The number of carbonyl (C=O) groups is 1. The average molecular weight is 284 g/mol. The van der Waals surface area contributed by atoms with Crippen LogP contribution < -0.4 is 10.1 Å². The minimum Gasteiger partial charge on any atom is -0.465 e. The summed E-state index contributed by atoms with van der Waals surface area (Å²) < 4.78 is 5.31. The Kier molecular flexibility index (Phi) is 3.26. The van der Waals surface area contributed by atoms with E-state index in [1.54, 1.807) is 18.2 Å². The lowest BCUT2D eigenvalue weighted by molar-refractivity contribution is 0.0881. The predicted molar refractivity (Wildman–Crippen MR) is 76.9 cm³/mol. The number of nitrogens with zero attached hydrogens (tertiary/aromatic N) is 2. The predicted octanol–water partition coefficient (Wildman–Crippen LogP) is 2.14. The molecular weight excluding hydrogens is 268 g/mol. The van der Waals surface area contributed by atoms with Crippen molar-refractivity contribution >= 4 is 16.9 Å². The van der Waals surface area contributed by atoms with Crippen LogP contribution in [0.2, 0.25) is 0 Å². The molecular formula is C15H16N4O2. The van der Waals surface area contributed by atoms with E-state index >= 15 is 0 Å². The fourth-order valence-electron chi connectivity index (χ4n) is 2.42. The molecule has 1 aliphatic rings. The van der Waals surface area contributed by atoms with Gasteiger partial charge in [0.2, 0.25) is 0 Å². The molecule has 1 aliphatic carbocycles. The van der Waals surface area contributed by atoms with Gasteiger partial charge in [-0.25, -0.2) is 0 Å². The van der Waals surface area contributed by atoms with Crippen LogP contribution in [0.25, 0.3) is 11.0 Å². The second kappa shape index (κ2) is 5.09. The van der Waals surface area contributed by atoms with Crippen molar-refractivity contribution < 1.29 is 9.53 Å². The molecule has 0 radical (unpaired) electrons. The summed E-state index contributed by atoms with van der Waals surface area (Å²) in [6.45, 7) is 2.41. The van der Waals surface area contributed by atoms with Crippen molar-refractivity contribution in [2.45, 2.75) is 31.7 Å². The molecule has 21 heavy (non-hydrogen) atoms. The number of carbonyl (C=O) groups excluding carboxylic acids is 1. The van der Waals surface area contributed by atoms with Gasteiger partial charge in [-0.2, -0.15) is 10.2 Å². The summed E-state index contributed by atoms with van der Waals surface area (Å²) >= 11 is 0. The van der Waals surface area contributed by atoms with Crippen molar-refractivity contribution in [3.05, 3.63) is 23.8 Å². The Morgan fingerprint density at radius 3 is 3.00 bits per heavy atom. The first-order valence-corrected chi connectivity index (χ1v) is 7.02. The number of amides is 1. The number of H-pyrrole nitrogens is 1. The molecule has 1 fully saturated rings. The first-order valence-electron chi connectivity index (χ1n) is 7.02. The number of ether oxygens (including phenoxy) is 1. The Labute approximate surface area is 122 Å². The largest absolute Gasteiger partial charge is 0.465 e. The van der Waals surface area contributed by atoms with Gasteiger partial charge >= 0.3 is 0 Å². The first-order chi connectivity index (χ1) is 10.2. The van der Waals surface area contributed by atoms with Gasteiger partial charge < -0.3 is 15.0 Å². The molecule has 0 saturated heterocycles. The van der Waals surface area contributed by atoms with E-state index in [2.05, 4.69) is 21.4 Å². The van der Waals surface area contributed by atoms with E-state index in [-0.39, 0.29) is 5.91 Å². The van der Waals surface area contributed by atoms with E-state index in [0.717, 1.165) is 30.3 Å². The third-order valence-electron chi connectivity index (χ3n) is 3.78. The van der Waals surface area contributed by atoms with E-state index in [9.17, 15) is 4.79 Å². The summed E-state index contributed by atoms with van der Waals surface area (Å²) in [7, 11) is 0. The SMILES string of the molecule is CCOc1nc2ccc(C(=O)NC3(C#N)CCC3)cc2[nH]1. The van der Waals surface area contributed by atoms with Gasteiger partial charge in [0.1, 0.15) is 5.54 Å². The van der Waals surface area contributed by atoms with E-state index < -0.39 is 5.54 Å². The molecule has 108 valence electrons. The van der Waals surface area contributed by atoms with Crippen molar-refractivity contribution in [3.8, 4) is 12.1 Å². The van der Waals surface area contributed by atoms with Gasteiger partial charge in [0.05, 0.1) is 23.7 Å². The number of imidazole rings is 1. The zero-order chi connectivity index (χ0) is 14.9. The highest BCUT2D eigenvalue weighted by atomic mass is 16.5. The fraction of sp³-hybridized carbons (Fsp3) is 0.400. The monoisotopic (exact) mass is 284 g/mol. The van der Waals surface area contributed by atoms with Crippen LogP contribution in [0.3, 0.4) is 0 Å². The zero-order valence-electron chi connectivity index (χ0n) is 11.8. The van der Waals surface area contributed by atoms with Crippen molar-refractivity contribution in [1.29, 1.82) is 5.26 Å². The number of hydrogen-bond acceptors (Lipinski definition) is 4. The molecule has 1 amide bonds. The molecule has 6 heteroatoms. The molecule has 6 nitrogen and oxygen atoms in total. The van der Waals surface area contributed by atoms with Crippen LogP contribution in [-0.2, 0) is 0 Å². The normalized spacial score (nSPS) is 16.0. The number of nitriles is 1. The molecule has 2 N–H and O–H groups in total. The summed E-state index contributed by atoms with van der Waals surface area (Å²) in [5.74, 6) is -0.231. The van der Waals surface area contributed by atoms with Gasteiger partial charge in [-0.1, -0.05) is 0 Å². The average Bonchev–Trinajstić information content (AvgIpc) is 2.84. The summed E-state index contributed by atoms with van der Waals surface area (Å²) in [6, 6.07) is 7.84. The molecule has 1 aromatic carbocycles. The van der Waals surface area contributed by atoms with Crippen LogP contribution in [0.15, 0.2) is 18.2 Å². The Hall–Kier alpha value is -2.55. The number of hydrogen-bond donors (Lipinski definition) is 2. The lowest BCUT2D eigenvalue weighted by Crippen LogP contribution is -2.52. The maximum absolute atomic E-state index is 12.3. The van der Waals surface area contributed by atoms with E-state index in [4.69, 9.17) is 10.00 Å². The molecule has 3 rings (SSSR count). The van der Waals surface area contributed by atoms with E-state index in [1.165, 1.54) is 0 Å². The second-order valence-corrected chi connectivity index (χ2v) is 5.21. The molecule has 2 aromatic rings. The maximum Gasteiger partial charge on any atom is 0.294 e. The fourth-order valence-corrected chi connectivity index (χ4v) is 2.42. The number of rotatable bonds is 4. The minimum absolute atomic E-state index is 0.231. The third-order valence-corrected chi connectivity index (χ3v) is 3.78. The summed E-state index contributed by atoms with van der Waals surface area (Å²) in [6.07, 6.45) is 2.41. The zero-order valence-corrected chi connectivity index (χ0v) is 11.8. The highest BCUT2D eigenvalue weighted by Gasteiger charge is 2.38. The summed E-state index contributed by atoms with van der Waals surface area (Å²) in [4.78, 5) is 19.5. The standard InChI is InChI=1S/C15H16N4O2/c1-2-21-14-17-11-5-4-10(8-12(11)18-14)13(20)19-15(9-16)6-3-7-15/h4-5,8H,2-3,6-7H2,1H3,(H,17,18)(H,19,20). The topological polar surface area (TPSA) is 90.8 Å².